The lowest BCUT2D eigenvalue weighted by Crippen LogP contribution is -2.15. The van der Waals surface area contributed by atoms with E-state index < -0.39 is 0 Å². The Morgan fingerprint density at radius 2 is 1.97 bits per heavy atom. The Morgan fingerprint density at radius 3 is 2.73 bits per heavy atom. The predicted molar refractivity (Wildman–Crippen MR) is 124 cm³/mol. The summed E-state index contributed by atoms with van der Waals surface area (Å²) >= 11 is 9.04. The number of aromatic nitrogens is 3. The van der Waals surface area contributed by atoms with Crippen LogP contribution in [0.5, 0.6) is 0 Å². The van der Waals surface area contributed by atoms with E-state index in [1.54, 1.807) is 23.5 Å². The topological polar surface area (TPSA) is 59.8 Å². The molecule has 0 radical (unpaired) electrons. The number of amides is 1. The van der Waals surface area contributed by atoms with Crippen LogP contribution in [0.25, 0.3) is 10.7 Å². The van der Waals surface area contributed by atoms with E-state index >= 15 is 0 Å². The van der Waals surface area contributed by atoms with Crippen molar-refractivity contribution in [2.24, 2.45) is 0 Å². The van der Waals surface area contributed by atoms with Gasteiger partial charge in [0.2, 0.25) is 5.91 Å². The zero-order valence-corrected chi connectivity index (χ0v) is 18.6. The van der Waals surface area contributed by atoms with Crippen LogP contribution in [0.1, 0.15) is 11.1 Å². The fourth-order valence-electron chi connectivity index (χ4n) is 2.94. The van der Waals surface area contributed by atoms with Crippen LogP contribution >= 0.6 is 34.7 Å². The number of rotatable bonds is 7. The molecule has 0 fully saturated rings. The second-order valence-electron chi connectivity index (χ2n) is 6.65. The van der Waals surface area contributed by atoms with E-state index in [1.165, 1.54) is 11.8 Å². The minimum atomic E-state index is -0.114. The third-order valence-electron chi connectivity index (χ3n) is 4.45. The third kappa shape index (κ3) is 4.92. The van der Waals surface area contributed by atoms with Crippen LogP contribution in [0.15, 0.2) is 71.2 Å². The minimum absolute atomic E-state index is 0.114. The van der Waals surface area contributed by atoms with E-state index in [-0.39, 0.29) is 11.7 Å². The highest BCUT2D eigenvalue weighted by atomic mass is 35.5. The summed E-state index contributed by atoms with van der Waals surface area (Å²) in [5.74, 6) is 0.920. The molecule has 1 amide bonds. The van der Waals surface area contributed by atoms with Gasteiger partial charge in [0.1, 0.15) is 0 Å². The lowest BCUT2D eigenvalue weighted by Gasteiger charge is -2.11. The predicted octanol–water partition coefficient (Wildman–Crippen LogP) is 5.75. The lowest BCUT2D eigenvalue weighted by atomic mass is 10.2. The number of anilines is 1. The van der Waals surface area contributed by atoms with E-state index in [4.69, 9.17) is 11.6 Å². The maximum Gasteiger partial charge on any atom is 0.234 e. The molecule has 0 atom stereocenters. The number of hydrogen-bond donors (Lipinski definition) is 1. The Bertz CT molecular complexity index is 1140. The molecule has 8 heteroatoms. The maximum atomic E-state index is 12.5. The molecule has 0 saturated heterocycles. The molecule has 1 N–H and O–H groups in total. The van der Waals surface area contributed by atoms with Gasteiger partial charge in [-0.1, -0.05) is 65.8 Å². The number of carbonyl (C=O) groups is 1. The van der Waals surface area contributed by atoms with Gasteiger partial charge < -0.3 is 5.32 Å². The average Bonchev–Trinajstić information content (AvgIpc) is 3.40. The Balaban J connectivity index is 1.52. The Labute approximate surface area is 188 Å². The van der Waals surface area contributed by atoms with Crippen LogP contribution in [0, 0.1) is 6.92 Å². The third-order valence-corrected chi connectivity index (χ3v) is 6.52. The summed E-state index contributed by atoms with van der Waals surface area (Å²) in [6, 6.07) is 19.6. The van der Waals surface area contributed by atoms with Crippen molar-refractivity contribution in [2.75, 3.05) is 11.1 Å². The van der Waals surface area contributed by atoms with Crippen LogP contribution < -0.4 is 5.32 Å². The van der Waals surface area contributed by atoms with Crippen molar-refractivity contribution < 1.29 is 4.79 Å². The Kier molecular flexibility index (Phi) is 6.52. The standard InChI is InChI=1S/C22H19ClN4OS2/c1-15-9-10-17(23)12-18(15)24-20(28)14-30-22-26-25-21(19-8-5-11-29-19)27(22)13-16-6-3-2-4-7-16/h2-12H,13-14H2,1H3,(H,24,28). The Morgan fingerprint density at radius 1 is 1.13 bits per heavy atom. The molecule has 4 rings (SSSR count). The van der Waals surface area contributed by atoms with Crippen LogP contribution in [0.2, 0.25) is 5.02 Å². The first-order chi connectivity index (χ1) is 14.6. The molecule has 0 aliphatic carbocycles. The van der Waals surface area contributed by atoms with Gasteiger partial charge in [-0.3, -0.25) is 9.36 Å². The highest BCUT2D eigenvalue weighted by Gasteiger charge is 2.17. The number of carbonyl (C=O) groups excluding carboxylic acids is 1. The summed E-state index contributed by atoms with van der Waals surface area (Å²) in [5.41, 5.74) is 2.83. The van der Waals surface area contributed by atoms with Gasteiger partial charge in [-0.15, -0.1) is 21.5 Å². The van der Waals surface area contributed by atoms with Gasteiger partial charge in [0.05, 0.1) is 17.2 Å². The van der Waals surface area contributed by atoms with Crippen LogP contribution in [-0.4, -0.2) is 26.4 Å². The van der Waals surface area contributed by atoms with E-state index in [9.17, 15) is 4.79 Å². The molecule has 4 aromatic rings. The van der Waals surface area contributed by atoms with E-state index in [0.29, 0.717) is 16.7 Å². The van der Waals surface area contributed by atoms with Gasteiger partial charge in [-0.25, -0.2) is 0 Å². The van der Waals surface area contributed by atoms with Gasteiger partial charge >= 0.3 is 0 Å². The highest BCUT2D eigenvalue weighted by molar-refractivity contribution is 7.99. The zero-order chi connectivity index (χ0) is 20.9. The molecule has 0 aliphatic rings. The number of nitrogens with one attached hydrogen (secondary N) is 1. The van der Waals surface area contributed by atoms with Gasteiger partial charge in [0, 0.05) is 10.7 Å². The Hall–Kier alpha value is -2.61. The number of aryl methyl sites for hydroxylation is 1. The summed E-state index contributed by atoms with van der Waals surface area (Å²) in [6.45, 7) is 2.57. The summed E-state index contributed by atoms with van der Waals surface area (Å²) in [4.78, 5) is 13.6. The largest absolute Gasteiger partial charge is 0.325 e. The first-order valence-electron chi connectivity index (χ1n) is 9.30. The fraction of sp³-hybridized carbons (Fsp3) is 0.136. The average molecular weight is 455 g/mol. The fourth-order valence-corrected chi connectivity index (χ4v) is 4.56. The minimum Gasteiger partial charge on any atom is -0.325 e. The summed E-state index contributed by atoms with van der Waals surface area (Å²) in [5, 5.41) is 15.0. The molecule has 0 spiro atoms. The van der Waals surface area contributed by atoms with E-state index in [0.717, 1.165) is 27.5 Å². The molecular weight excluding hydrogens is 436 g/mol. The van der Waals surface area contributed by atoms with Crippen LogP contribution in [-0.2, 0) is 11.3 Å². The van der Waals surface area contributed by atoms with Crippen molar-refractivity contribution in [1.29, 1.82) is 0 Å². The van der Waals surface area contributed by atoms with Crippen LogP contribution in [0.4, 0.5) is 5.69 Å². The molecule has 0 bridgehead atoms. The molecule has 30 heavy (non-hydrogen) atoms. The molecule has 0 saturated carbocycles. The van der Waals surface area contributed by atoms with Crippen LogP contribution in [0.3, 0.4) is 0 Å². The van der Waals surface area contributed by atoms with Crippen molar-refractivity contribution in [1.82, 2.24) is 14.8 Å². The molecule has 0 unspecified atom stereocenters. The van der Waals surface area contributed by atoms with E-state index in [2.05, 4.69) is 32.2 Å². The molecular formula is C22H19ClN4OS2. The smallest absolute Gasteiger partial charge is 0.234 e. The van der Waals surface area contributed by atoms with Crippen molar-refractivity contribution in [3.05, 3.63) is 82.2 Å². The number of halogens is 1. The molecule has 2 aromatic heterocycles. The van der Waals surface area contributed by atoms with Crippen molar-refractivity contribution in [3.8, 4) is 10.7 Å². The number of hydrogen-bond acceptors (Lipinski definition) is 5. The SMILES string of the molecule is Cc1ccc(Cl)cc1NC(=O)CSc1nnc(-c2cccs2)n1Cc1ccccc1. The summed E-state index contributed by atoms with van der Waals surface area (Å²) in [6.07, 6.45) is 0. The quantitative estimate of drug-likeness (QED) is 0.361. The molecule has 2 heterocycles. The van der Waals surface area contributed by atoms with Gasteiger partial charge in [-0.2, -0.15) is 0 Å². The highest BCUT2D eigenvalue weighted by Crippen LogP contribution is 2.28. The number of thioether (sulfide) groups is 1. The second kappa shape index (κ2) is 9.47. The van der Waals surface area contributed by atoms with Gasteiger partial charge in [0.15, 0.2) is 11.0 Å². The lowest BCUT2D eigenvalue weighted by molar-refractivity contribution is -0.113. The number of thiophene rings is 1. The maximum absolute atomic E-state index is 12.5. The number of nitrogens with zero attached hydrogens (tertiary/aromatic N) is 3. The molecule has 5 nitrogen and oxygen atoms in total. The summed E-state index contributed by atoms with van der Waals surface area (Å²) < 4.78 is 2.06. The normalized spacial score (nSPS) is 10.9. The molecule has 152 valence electrons. The van der Waals surface area contributed by atoms with Crippen molar-refractivity contribution >= 4 is 46.3 Å². The van der Waals surface area contributed by atoms with Gasteiger partial charge in [0.25, 0.3) is 0 Å². The van der Waals surface area contributed by atoms with Crippen molar-refractivity contribution in [2.45, 2.75) is 18.6 Å². The zero-order valence-electron chi connectivity index (χ0n) is 16.2. The monoisotopic (exact) mass is 454 g/mol. The summed E-state index contributed by atoms with van der Waals surface area (Å²) in [7, 11) is 0. The molecule has 2 aromatic carbocycles. The first kappa shape index (κ1) is 20.7. The number of benzene rings is 2. The second-order valence-corrected chi connectivity index (χ2v) is 8.98. The first-order valence-corrected chi connectivity index (χ1v) is 11.5. The van der Waals surface area contributed by atoms with Gasteiger partial charge in [-0.05, 0) is 41.6 Å². The van der Waals surface area contributed by atoms with Crippen molar-refractivity contribution in [3.63, 3.8) is 0 Å². The molecule has 0 aliphatic heterocycles. The van der Waals surface area contributed by atoms with E-state index in [1.807, 2.05) is 48.7 Å².